The number of carbonyl (C=O) groups is 1. The number of Topliss-reactive ketones (excluding diaryl/α,β-unsaturated/α-hetero) is 1. The first-order valence-electron chi connectivity index (χ1n) is 6.01. The Kier molecular flexibility index (Phi) is 3.77. The fourth-order valence-electron chi connectivity index (χ4n) is 2.16. The van der Waals surface area contributed by atoms with E-state index in [1.165, 1.54) is 9.75 Å². The zero-order chi connectivity index (χ0) is 11.5. The zero-order valence-electron chi connectivity index (χ0n) is 10.0. The van der Waals surface area contributed by atoms with E-state index in [0.29, 0.717) is 5.78 Å². The van der Waals surface area contributed by atoms with Gasteiger partial charge in [0.1, 0.15) is 5.78 Å². The normalized spacial score (nSPS) is 22.6. The predicted molar refractivity (Wildman–Crippen MR) is 67.8 cm³/mol. The first kappa shape index (κ1) is 11.8. The van der Waals surface area contributed by atoms with Gasteiger partial charge in [-0.1, -0.05) is 13.8 Å². The highest BCUT2D eigenvalue weighted by Gasteiger charge is 2.23. The zero-order valence-corrected chi connectivity index (χ0v) is 10.8. The number of carbonyl (C=O) groups excluding carboxylic acids is 1. The number of ketones is 1. The van der Waals surface area contributed by atoms with Crippen LogP contribution in [-0.4, -0.2) is 23.8 Å². The second-order valence-corrected chi connectivity index (χ2v) is 5.83. The van der Waals surface area contributed by atoms with Gasteiger partial charge in [0.25, 0.3) is 0 Å². The molecule has 88 valence electrons. The number of piperidine rings is 1. The molecular weight excluding hydrogens is 218 g/mol. The van der Waals surface area contributed by atoms with Crippen molar-refractivity contribution in [3.8, 4) is 0 Å². The molecular formula is C13H19NOS. The summed E-state index contributed by atoms with van der Waals surface area (Å²) in [5.41, 5.74) is 0. The van der Waals surface area contributed by atoms with Crippen LogP contribution < -0.4 is 0 Å². The minimum absolute atomic E-state index is 0.222. The maximum absolute atomic E-state index is 11.4. The van der Waals surface area contributed by atoms with Crippen molar-refractivity contribution >= 4 is 17.1 Å². The molecule has 1 aliphatic heterocycles. The maximum Gasteiger partial charge on any atom is 0.138 e. The summed E-state index contributed by atoms with van der Waals surface area (Å²) >= 11 is 1.90. The van der Waals surface area contributed by atoms with E-state index in [2.05, 4.69) is 24.0 Å². The molecule has 2 nitrogen and oxygen atoms in total. The molecule has 0 amide bonds. The van der Waals surface area contributed by atoms with Gasteiger partial charge in [0.05, 0.1) is 0 Å². The molecule has 2 rings (SSSR count). The maximum atomic E-state index is 11.4. The molecule has 0 bridgehead atoms. The monoisotopic (exact) mass is 237 g/mol. The molecule has 0 radical (unpaired) electrons. The molecule has 1 unspecified atom stereocenters. The number of hydrogen-bond donors (Lipinski definition) is 0. The van der Waals surface area contributed by atoms with Crippen LogP contribution in [0.4, 0.5) is 0 Å². The minimum Gasteiger partial charge on any atom is -0.299 e. The van der Waals surface area contributed by atoms with Crippen LogP contribution in [0.1, 0.15) is 30.0 Å². The molecule has 3 heteroatoms. The SMILES string of the molecule is CCc1ccc(CN2CCC(=O)C(C)C2)s1. The van der Waals surface area contributed by atoms with Gasteiger partial charge < -0.3 is 0 Å². The van der Waals surface area contributed by atoms with E-state index in [-0.39, 0.29) is 5.92 Å². The van der Waals surface area contributed by atoms with Crippen molar-refractivity contribution in [3.05, 3.63) is 21.9 Å². The summed E-state index contributed by atoms with van der Waals surface area (Å²) in [6.07, 6.45) is 1.85. The third-order valence-corrected chi connectivity index (χ3v) is 4.42. The Morgan fingerprint density at radius 3 is 2.81 bits per heavy atom. The van der Waals surface area contributed by atoms with Crippen molar-refractivity contribution < 1.29 is 4.79 Å². The third kappa shape index (κ3) is 2.71. The van der Waals surface area contributed by atoms with Crippen LogP contribution in [0.2, 0.25) is 0 Å². The second-order valence-electron chi connectivity index (χ2n) is 4.57. The molecule has 1 saturated heterocycles. The molecule has 0 aliphatic carbocycles. The highest BCUT2D eigenvalue weighted by Crippen LogP contribution is 2.21. The van der Waals surface area contributed by atoms with E-state index in [0.717, 1.165) is 32.5 Å². The quantitative estimate of drug-likeness (QED) is 0.805. The second kappa shape index (κ2) is 5.11. The number of likely N-dealkylation sites (tertiary alicyclic amines) is 1. The van der Waals surface area contributed by atoms with Crippen molar-refractivity contribution in [2.45, 2.75) is 33.2 Å². The van der Waals surface area contributed by atoms with Crippen LogP contribution in [0.25, 0.3) is 0 Å². The fraction of sp³-hybridized carbons (Fsp3) is 0.615. The Morgan fingerprint density at radius 1 is 1.44 bits per heavy atom. The largest absolute Gasteiger partial charge is 0.299 e. The Bertz CT molecular complexity index is 372. The van der Waals surface area contributed by atoms with Gasteiger partial charge in [0, 0.05) is 41.7 Å². The summed E-state index contributed by atoms with van der Waals surface area (Å²) in [5.74, 6) is 0.649. The lowest BCUT2D eigenvalue weighted by atomic mass is 9.99. The molecule has 1 aromatic heterocycles. The first-order chi connectivity index (χ1) is 7.69. The number of hydrogen-bond acceptors (Lipinski definition) is 3. The molecule has 2 heterocycles. The lowest BCUT2D eigenvalue weighted by Gasteiger charge is -2.29. The highest BCUT2D eigenvalue weighted by molar-refractivity contribution is 7.11. The standard InChI is InChI=1S/C13H19NOS/c1-3-11-4-5-12(16-11)9-14-7-6-13(15)10(2)8-14/h4-5,10H,3,6-9H2,1-2H3. The van der Waals surface area contributed by atoms with Gasteiger partial charge >= 0.3 is 0 Å². The summed E-state index contributed by atoms with van der Waals surface area (Å²) in [5, 5.41) is 0. The molecule has 1 atom stereocenters. The van der Waals surface area contributed by atoms with Gasteiger partial charge in [-0.3, -0.25) is 9.69 Å². The Labute approximate surface area is 101 Å². The van der Waals surface area contributed by atoms with Crippen molar-refractivity contribution in [2.75, 3.05) is 13.1 Å². The van der Waals surface area contributed by atoms with Crippen molar-refractivity contribution in [1.29, 1.82) is 0 Å². The molecule has 0 N–H and O–H groups in total. The van der Waals surface area contributed by atoms with Crippen LogP contribution in [0, 0.1) is 5.92 Å². The van der Waals surface area contributed by atoms with Gasteiger partial charge in [0.2, 0.25) is 0 Å². The minimum atomic E-state index is 0.222. The third-order valence-electron chi connectivity index (χ3n) is 3.20. The van der Waals surface area contributed by atoms with Crippen molar-refractivity contribution in [2.24, 2.45) is 5.92 Å². The van der Waals surface area contributed by atoms with E-state index in [1.807, 2.05) is 18.3 Å². The molecule has 0 aromatic carbocycles. The van der Waals surface area contributed by atoms with Gasteiger partial charge in [-0.25, -0.2) is 0 Å². The molecule has 0 saturated carbocycles. The predicted octanol–water partition coefficient (Wildman–Crippen LogP) is 2.72. The molecule has 1 aliphatic rings. The van der Waals surface area contributed by atoms with Crippen molar-refractivity contribution in [1.82, 2.24) is 4.90 Å². The summed E-state index contributed by atoms with van der Waals surface area (Å²) in [6, 6.07) is 4.45. The van der Waals surface area contributed by atoms with Gasteiger partial charge in [-0.15, -0.1) is 11.3 Å². The number of aryl methyl sites for hydroxylation is 1. The average molecular weight is 237 g/mol. The Balaban J connectivity index is 1.92. The number of rotatable bonds is 3. The summed E-state index contributed by atoms with van der Waals surface area (Å²) < 4.78 is 0. The van der Waals surface area contributed by atoms with Crippen LogP contribution in [0.5, 0.6) is 0 Å². The highest BCUT2D eigenvalue weighted by atomic mass is 32.1. The molecule has 0 spiro atoms. The Morgan fingerprint density at radius 2 is 2.19 bits per heavy atom. The van der Waals surface area contributed by atoms with Crippen LogP contribution in [-0.2, 0) is 17.8 Å². The summed E-state index contributed by atoms with van der Waals surface area (Å²) in [7, 11) is 0. The van der Waals surface area contributed by atoms with E-state index >= 15 is 0 Å². The van der Waals surface area contributed by atoms with E-state index < -0.39 is 0 Å². The Hall–Kier alpha value is -0.670. The average Bonchev–Trinajstić information content (AvgIpc) is 2.71. The molecule has 1 fully saturated rings. The molecule has 16 heavy (non-hydrogen) atoms. The molecule has 1 aromatic rings. The van der Waals surface area contributed by atoms with Gasteiger partial charge in [0.15, 0.2) is 0 Å². The lowest BCUT2D eigenvalue weighted by molar-refractivity contribution is -0.125. The fourth-order valence-corrected chi connectivity index (χ4v) is 3.16. The van der Waals surface area contributed by atoms with Crippen LogP contribution in [0.15, 0.2) is 12.1 Å². The summed E-state index contributed by atoms with van der Waals surface area (Å²) in [6.45, 7) is 7.11. The van der Waals surface area contributed by atoms with Gasteiger partial charge in [-0.05, 0) is 18.6 Å². The summed E-state index contributed by atoms with van der Waals surface area (Å²) in [4.78, 5) is 16.7. The van der Waals surface area contributed by atoms with E-state index in [9.17, 15) is 4.79 Å². The van der Waals surface area contributed by atoms with Crippen molar-refractivity contribution in [3.63, 3.8) is 0 Å². The van der Waals surface area contributed by atoms with Crippen LogP contribution >= 0.6 is 11.3 Å². The van der Waals surface area contributed by atoms with Gasteiger partial charge in [-0.2, -0.15) is 0 Å². The smallest absolute Gasteiger partial charge is 0.138 e. The topological polar surface area (TPSA) is 20.3 Å². The number of nitrogens with zero attached hydrogens (tertiary/aromatic N) is 1. The number of thiophene rings is 1. The first-order valence-corrected chi connectivity index (χ1v) is 6.83. The lowest BCUT2D eigenvalue weighted by Crippen LogP contribution is -2.38. The van der Waals surface area contributed by atoms with E-state index in [1.54, 1.807) is 0 Å². The van der Waals surface area contributed by atoms with E-state index in [4.69, 9.17) is 0 Å². The van der Waals surface area contributed by atoms with Crippen LogP contribution in [0.3, 0.4) is 0 Å².